The first-order valence-corrected chi connectivity index (χ1v) is 3.03. The molecule has 0 atom stereocenters. The van der Waals surface area contributed by atoms with Crippen LogP contribution in [0.4, 0.5) is 0 Å². The van der Waals surface area contributed by atoms with E-state index in [1.165, 1.54) is 18.2 Å². The molecular weight excluding hydrogens is 144 g/mol. The van der Waals surface area contributed by atoms with Crippen molar-refractivity contribution in [3.05, 3.63) is 29.7 Å². The largest absolute Gasteiger partial charge is 0.454 e. The molecule has 3 nitrogen and oxygen atoms in total. The number of rotatable bonds is 3. The van der Waals surface area contributed by atoms with Crippen LogP contribution < -0.4 is 0 Å². The van der Waals surface area contributed by atoms with Crippen LogP contribution >= 0.6 is 0 Å². The number of carbonyl (C=O) groups excluding carboxylic acids is 2. The fraction of sp³-hybridized carbons (Fsp3) is 0. The Bertz CT molecular complexity index is 283. The summed E-state index contributed by atoms with van der Waals surface area (Å²) in [6.45, 7) is 0. The van der Waals surface area contributed by atoms with Crippen LogP contribution in [0, 0.1) is 0 Å². The predicted molar refractivity (Wildman–Crippen MR) is 39.2 cm³/mol. The van der Waals surface area contributed by atoms with E-state index in [9.17, 15) is 9.59 Å². The predicted octanol–water partition coefficient (Wildman–Crippen LogP) is 1.30. The summed E-state index contributed by atoms with van der Waals surface area (Å²) in [5.41, 5.74) is 0. The van der Waals surface area contributed by atoms with Gasteiger partial charge in [-0.15, -0.1) is 0 Å². The molecule has 1 aromatic rings. The third kappa shape index (κ3) is 1.89. The first-order valence-electron chi connectivity index (χ1n) is 3.03. The molecule has 1 aromatic heterocycles. The highest BCUT2D eigenvalue weighted by Crippen LogP contribution is 2.06. The van der Waals surface area contributed by atoms with E-state index in [0.717, 1.165) is 0 Å². The Morgan fingerprint density at radius 3 is 2.45 bits per heavy atom. The highest BCUT2D eigenvalue weighted by atomic mass is 16.3. The Morgan fingerprint density at radius 2 is 1.91 bits per heavy atom. The number of aldehydes is 2. The molecule has 1 rings (SSSR count). The summed E-state index contributed by atoms with van der Waals surface area (Å²) in [5.74, 6) is 0.759. The van der Waals surface area contributed by atoms with Gasteiger partial charge in [0.15, 0.2) is 12.0 Å². The maximum Gasteiger partial charge on any atom is 0.185 e. The molecular formula is C8H6O3. The van der Waals surface area contributed by atoms with Crippen LogP contribution in [0.3, 0.4) is 0 Å². The Hall–Kier alpha value is -1.64. The summed E-state index contributed by atoms with van der Waals surface area (Å²) >= 11 is 0. The van der Waals surface area contributed by atoms with E-state index in [-0.39, 0.29) is 5.76 Å². The molecule has 0 aliphatic carbocycles. The first kappa shape index (κ1) is 7.47. The topological polar surface area (TPSA) is 47.3 Å². The molecule has 0 aromatic carbocycles. The second-order valence-corrected chi connectivity index (χ2v) is 1.85. The fourth-order valence-electron chi connectivity index (χ4n) is 0.655. The van der Waals surface area contributed by atoms with Crippen molar-refractivity contribution >= 4 is 18.6 Å². The molecule has 0 unspecified atom stereocenters. The minimum Gasteiger partial charge on any atom is -0.454 e. The van der Waals surface area contributed by atoms with Gasteiger partial charge in [0.2, 0.25) is 0 Å². The van der Waals surface area contributed by atoms with Crippen LogP contribution in [0.2, 0.25) is 0 Å². The normalized spacial score (nSPS) is 10.2. The number of allylic oxidation sites excluding steroid dienone is 1. The van der Waals surface area contributed by atoms with Crippen LogP contribution in [0.25, 0.3) is 6.08 Å². The molecule has 0 saturated heterocycles. The monoisotopic (exact) mass is 150 g/mol. The van der Waals surface area contributed by atoms with E-state index in [2.05, 4.69) is 0 Å². The van der Waals surface area contributed by atoms with E-state index < -0.39 is 0 Å². The van der Waals surface area contributed by atoms with E-state index in [0.29, 0.717) is 18.3 Å². The van der Waals surface area contributed by atoms with Gasteiger partial charge in [-0.05, 0) is 24.3 Å². The molecule has 11 heavy (non-hydrogen) atoms. The summed E-state index contributed by atoms with van der Waals surface area (Å²) in [7, 11) is 0. The van der Waals surface area contributed by atoms with Crippen molar-refractivity contribution in [3.8, 4) is 0 Å². The molecule has 3 heteroatoms. The van der Waals surface area contributed by atoms with Gasteiger partial charge in [0.25, 0.3) is 0 Å². The van der Waals surface area contributed by atoms with Gasteiger partial charge in [0.05, 0.1) is 0 Å². The van der Waals surface area contributed by atoms with Crippen LogP contribution in [0.5, 0.6) is 0 Å². The number of hydrogen-bond acceptors (Lipinski definition) is 3. The Morgan fingerprint density at radius 1 is 1.18 bits per heavy atom. The molecule has 1 heterocycles. The molecule has 0 saturated carbocycles. The quantitative estimate of drug-likeness (QED) is 0.482. The zero-order chi connectivity index (χ0) is 8.10. The van der Waals surface area contributed by atoms with Gasteiger partial charge in [-0.2, -0.15) is 0 Å². The lowest BCUT2D eigenvalue weighted by Gasteiger charge is -1.79. The molecule has 0 amide bonds. The van der Waals surface area contributed by atoms with Crippen molar-refractivity contribution in [2.45, 2.75) is 0 Å². The van der Waals surface area contributed by atoms with Gasteiger partial charge < -0.3 is 4.42 Å². The smallest absolute Gasteiger partial charge is 0.185 e. The second-order valence-electron chi connectivity index (χ2n) is 1.85. The van der Waals surface area contributed by atoms with Gasteiger partial charge in [-0.3, -0.25) is 9.59 Å². The average molecular weight is 150 g/mol. The van der Waals surface area contributed by atoms with Crippen LogP contribution in [-0.4, -0.2) is 12.6 Å². The Balaban J connectivity index is 2.80. The molecule has 0 fully saturated rings. The Labute approximate surface area is 63.3 Å². The molecule has 0 bridgehead atoms. The van der Waals surface area contributed by atoms with Crippen LogP contribution in [0.1, 0.15) is 16.3 Å². The van der Waals surface area contributed by atoms with E-state index in [1.54, 1.807) is 6.07 Å². The number of hydrogen-bond donors (Lipinski definition) is 0. The van der Waals surface area contributed by atoms with Crippen molar-refractivity contribution in [2.24, 2.45) is 0 Å². The van der Waals surface area contributed by atoms with Crippen LogP contribution in [0.15, 0.2) is 22.6 Å². The summed E-state index contributed by atoms with van der Waals surface area (Å²) in [4.78, 5) is 20.0. The molecule has 0 spiro atoms. The third-order valence-electron chi connectivity index (χ3n) is 1.10. The lowest BCUT2D eigenvalue weighted by atomic mass is 10.4. The number of carbonyl (C=O) groups is 2. The number of furan rings is 1. The molecule has 0 aliphatic rings. The molecule has 0 N–H and O–H groups in total. The van der Waals surface area contributed by atoms with Gasteiger partial charge >= 0.3 is 0 Å². The standard InChI is InChI=1S/C8H6O3/c9-5-1-2-7-3-4-8(6-10)11-7/h1-6H/b2-1+. The van der Waals surface area contributed by atoms with Gasteiger partial charge in [-0.25, -0.2) is 0 Å². The maximum atomic E-state index is 10.1. The minimum absolute atomic E-state index is 0.260. The summed E-state index contributed by atoms with van der Waals surface area (Å²) in [6, 6.07) is 3.15. The highest BCUT2D eigenvalue weighted by molar-refractivity contribution is 5.74. The van der Waals surface area contributed by atoms with Gasteiger partial charge in [0.1, 0.15) is 12.0 Å². The maximum absolute atomic E-state index is 10.1. The highest BCUT2D eigenvalue weighted by Gasteiger charge is 1.94. The van der Waals surface area contributed by atoms with Crippen molar-refractivity contribution < 1.29 is 14.0 Å². The Kier molecular flexibility index (Phi) is 2.38. The van der Waals surface area contributed by atoms with Crippen molar-refractivity contribution in [1.82, 2.24) is 0 Å². The average Bonchev–Trinajstić information content (AvgIpc) is 2.48. The SMILES string of the molecule is O=C/C=C/c1ccc(C=O)o1. The van der Waals surface area contributed by atoms with E-state index >= 15 is 0 Å². The molecule has 56 valence electrons. The zero-order valence-electron chi connectivity index (χ0n) is 5.69. The third-order valence-corrected chi connectivity index (χ3v) is 1.10. The zero-order valence-corrected chi connectivity index (χ0v) is 5.69. The van der Waals surface area contributed by atoms with E-state index in [4.69, 9.17) is 4.42 Å². The lowest BCUT2D eigenvalue weighted by Crippen LogP contribution is -1.67. The molecule has 0 aliphatic heterocycles. The van der Waals surface area contributed by atoms with Crippen molar-refractivity contribution in [2.75, 3.05) is 0 Å². The summed E-state index contributed by atoms with van der Waals surface area (Å²) in [6.07, 6.45) is 4.04. The molecule has 0 radical (unpaired) electrons. The van der Waals surface area contributed by atoms with Crippen molar-refractivity contribution in [1.29, 1.82) is 0 Å². The van der Waals surface area contributed by atoms with Gasteiger partial charge in [-0.1, -0.05) is 0 Å². The first-order chi connectivity index (χ1) is 5.36. The minimum atomic E-state index is 0.260. The summed E-state index contributed by atoms with van der Waals surface area (Å²) in [5, 5.41) is 0. The fourth-order valence-corrected chi connectivity index (χ4v) is 0.655. The van der Waals surface area contributed by atoms with Crippen LogP contribution in [-0.2, 0) is 4.79 Å². The van der Waals surface area contributed by atoms with Crippen molar-refractivity contribution in [3.63, 3.8) is 0 Å². The van der Waals surface area contributed by atoms with E-state index in [1.807, 2.05) is 0 Å². The second kappa shape index (κ2) is 3.51. The lowest BCUT2D eigenvalue weighted by molar-refractivity contribution is -0.104. The summed E-state index contributed by atoms with van der Waals surface area (Å²) < 4.78 is 4.92. The van der Waals surface area contributed by atoms with Gasteiger partial charge in [0, 0.05) is 0 Å².